The Labute approximate surface area is 131 Å². The van der Waals surface area contributed by atoms with Gasteiger partial charge in [0.2, 0.25) is 0 Å². The number of methoxy groups -OCH3 is 1. The molecule has 1 aromatic carbocycles. The highest BCUT2D eigenvalue weighted by Gasteiger charge is 2.20. The number of nitrogens with zero attached hydrogens (tertiary/aromatic N) is 1. The maximum absolute atomic E-state index is 12.6. The van der Waals surface area contributed by atoms with Crippen LogP contribution in [-0.4, -0.2) is 50.6 Å². The molecule has 0 atom stereocenters. The van der Waals surface area contributed by atoms with Gasteiger partial charge in [-0.25, -0.2) is 0 Å². The summed E-state index contributed by atoms with van der Waals surface area (Å²) < 4.78 is 10.7. The molecular weight excluding hydrogens is 290 g/mol. The summed E-state index contributed by atoms with van der Waals surface area (Å²) in [6.45, 7) is 7.80. The molecule has 0 saturated carbocycles. The quantitative estimate of drug-likeness (QED) is 0.784. The Morgan fingerprint density at radius 2 is 2.05 bits per heavy atom. The van der Waals surface area contributed by atoms with Gasteiger partial charge in [-0.3, -0.25) is 9.69 Å². The average molecular weight is 312 g/mol. The summed E-state index contributed by atoms with van der Waals surface area (Å²) in [7, 11) is 1.58. The number of halogens is 1. The third kappa shape index (κ3) is 3.76. The molecular formula is C16H22ClNO3. The maximum atomic E-state index is 12.6. The summed E-state index contributed by atoms with van der Waals surface area (Å²) in [5.74, 6) is 0.694. The van der Waals surface area contributed by atoms with Crippen molar-refractivity contribution in [2.75, 3.05) is 40.0 Å². The largest absolute Gasteiger partial charge is 0.496 e. The summed E-state index contributed by atoms with van der Waals surface area (Å²) in [5.41, 5.74) is 2.34. The van der Waals surface area contributed by atoms with E-state index >= 15 is 0 Å². The highest BCUT2D eigenvalue weighted by atomic mass is 35.5. The van der Waals surface area contributed by atoms with E-state index in [0.717, 1.165) is 44.0 Å². The molecule has 1 aliphatic heterocycles. The van der Waals surface area contributed by atoms with Crippen molar-refractivity contribution in [1.29, 1.82) is 0 Å². The van der Waals surface area contributed by atoms with Crippen molar-refractivity contribution in [2.45, 2.75) is 20.3 Å². The van der Waals surface area contributed by atoms with E-state index in [9.17, 15) is 4.79 Å². The Balaban J connectivity index is 2.12. The minimum absolute atomic E-state index is 0.0812. The Kier molecular flexibility index (Phi) is 5.62. The highest BCUT2D eigenvalue weighted by Crippen LogP contribution is 2.32. The molecule has 0 aliphatic carbocycles. The zero-order valence-electron chi connectivity index (χ0n) is 12.9. The van der Waals surface area contributed by atoms with E-state index in [2.05, 4.69) is 4.90 Å². The van der Waals surface area contributed by atoms with Crippen LogP contribution in [0.15, 0.2) is 6.07 Å². The topological polar surface area (TPSA) is 38.8 Å². The van der Waals surface area contributed by atoms with Gasteiger partial charge in [0, 0.05) is 31.1 Å². The number of carbonyl (C=O) groups is 1. The SMILES string of the molecule is COc1cc(C)c(Cl)c(C)c1C(=O)CCN1CCOCC1. The molecule has 0 bridgehead atoms. The highest BCUT2D eigenvalue weighted by molar-refractivity contribution is 6.32. The molecule has 21 heavy (non-hydrogen) atoms. The number of rotatable bonds is 5. The molecule has 0 amide bonds. The van der Waals surface area contributed by atoms with Crippen LogP contribution >= 0.6 is 11.6 Å². The summed E-state index contributed by atoms with van der Waals surface area (Å²) in [4.78, 5) is 14.8. The lowest BCUT2D eigenvalue weighted by Crippen LogP contribution is -2.37. The minimum atomic E-state index is 0.0812. The number of ketones is 1. The molecule has 1 fully saturated rings. The van der Waals surface area contributed by atoms with Crippen LogP contribution in [-0.2, 0) is 4.74 Å². The van der Waals surface area contributed by atoms with Gasteiger partial charge in [-0.1, -0.05) is 11.6 Å². The standard InChI is InChI=1S/C16H22ClNO3/c1-11-10-14(20-3)15(12(2)16(11)17)13(19)4-5-18-6-8-21-9-7-18/h10H,4-9H2,1-3H3. The van der Waals surface area contributed by atoms with Crippen molar-refractivity contribution < 1.29 is 14.3 Å². The third-order valence-electron chi connectivity index (χ3n) is 3.90. The van der Waals surface area contributed by atoms with Gasteiger partial charge in [0.15, 0.2) is 5.78 Å². The number of benzene rings is 1. The van der Waals surface area contributed by atoms with Gasteiger partial charge in [-0.05, 0) is 31.0 Å². The fourth-order valence-corrected chi connectivity index (χ4v) is 2.79. The van der Waals surface area contributed by atoms with Crippen LogP contribution in [0.2, 0.25) is 5.02 Å². The van der Waals surface area contributed by atoms with Crippen LogP contribution in [0.3, 0.4) is 0 Å². The van der Waals surface area contributed by atoms with Crippen molar-refractivity contribution in [3.63, 3.8) is 0 Å². The number of carbonyl (C=O) groups excluding carboxylic acids is 1. The van der Waals surface area contributed by atoms with Gasteiger partial charge >= 0.3 is 0 Å². The number of Topliss-reactive ketones (excluding diaryl/α,β-unsaturated/α-hetero) is 1. The number of morpholine rings is 1. The molecule has 116 valence electrons. The second-order valence-corrected chi connectivity index (χ2v) is 5.71. The Bertz CT molecular complexity index is 525. The van der Waals surface area contributed by atoms with Crippen LogP contribution in [0.25, 0.3) is 0 Å². The van der Waals surface area contributed by atoms with Crippen molar-refractivity contribution in [2.24, 2.45) is 0 Å². The van der Waals surface area contributed by atoms with Crippen LogP contribution in [0, 0.1) is 13.8 Å². The number of ether oxygens (including phenoxy) is 2. The second kappa shape index (κ2) is 7.25. The first kappa shape index (κ1) is 16.3. The molecule has 4 nitrogen and oxygen atoms in total. The summed E-state index contributed by atoms with van der Waals surface area (Å²) in [6.07, 6.45) is 0.469. The summed E-state index contributed by atoms with van der Waals surface area (Å²) in [5, 5.41) is 0.644. The second-order valence-electron chi connectivity index (χ2n) is 5.34. The zero-order chi connectivity index (χ0) is 15.4. The van der Waals surface area contributed by atoms with Crippen LogP contribution in [0.1, 0.15) is 27.9 Å². The maximum Gasteiger partial charge on any atom is 0.168 e. The predicted molar refractivity (Wildman–Crippen MR) is 83.7 cm³/mol. The van der Waals surface area contributed by atoms with Crippen molar-refractivity contribution in [3.8, 4) is 5.75 Å². The molecule has 0 aromatic heterocycles. The Hall–Kier alpha value is -1.10. The van der Waals surface area contributed by atoms with Crippen LogP contribution in [0.4, 0.5) is 0 Å². The summed E-state index contributed by atoms with van der Waals surface area (Å²) in [6, 6.07) is 1.83. The molecule has 0 unspecified atom stereocenters. The van der Waals surface area contributed by atoms with E-state index in [1.165, 1.54) is 0 Å². The van der Waals surface area contributed by atoms with Crippen LogP contribution < -0.4 is 4.74 Å². The normalized spacial score (nSPS) is 16.0. The molecule has 5 heteroatoms. The lowest BCUT2D eigenvalue weighted by Gasteiger charge is -2.26. The van der Waals surface area contributed by atoms with Gasteiger partial charge in [0.25, 0.3) is 0 Å². The van der Waals surface area contributed by atoms with E-state index in [1.54, 1.807) is 7.11 Å². The van der Waals surface area contributed by atoms with Crippen LogP contribution in [0.5, 0.6) is 5.75 Å². The predicted octanol–water partition coefficient (Wildman–Crippen LogP) is 2.87. The monoisotopic (exact) mass is 311 g/mol. The molecule has 2 rings (SSSR count). The first-order valence-corrected chi connectivity index (χ1v) is 7.59. The molecule has 1 heterocycles. The smallest absolute Gasteiger partial charge is 0.168 e. The zero-order valence-corrected chi connectivity index (χ0v) is 13.6. The van der Waals surface area contributed by atoms with Gasteiger partial charge in [-0.15, -0.1) is 0 Å². The van der Waals surface area contributed by atoms with E-state index in [4.69, 9.17) is 21.1 Å². The number of hydrogen-bond acceptors (Lipinski definition) is 4. The first-order valence-electron chi connectivity index (χ1n) is 7.21. The van der Waals surface area contributed by atoms with E-state index in [-0.39, 0.29) is 5.78 Å². The number of hydrogen-bond donors (Lipinski definition) is 0. The molecule has 1 saturated heterocycles. The molecule has 0 radical (unpaired) electrons. The molecule has 1 aliphatic rings. The fourth-order valence-electron chi connectivity index (χ4n) is 2.64. The Morgan fingerprint density at radius 1 is 1.38 bits per heavy atom. The van der Waals surface area contributed by atoms with E-state index in [1.807, 2.05) is 19.9 Å². The Morgan fingerprint density at radius 3 is 2.67 bits per heavy atom. The average Bonchev–Trinajstić information content (AvgIpc) is 2.51. The van der Waals surface area contributed by atoms with Crippen molar-refractivity contribution >= 4 is 17.4 Å². The number of aryl methyl sites for hydroxylation is 1. The lowest BCUT2D eigenvalue weighted by atomic mass is 9.98. The van der Waals surface area contributed by atoms with Crippen molar-refractivity contribution in [3.05, 3.63) is 27.8 Å². The van der Waals surface area contributed by atoms with E-state index < -0.39 is 0 Å². The van der Waals surface area contributed by atoms with Gasteiger partial charge < -0.3 is 9.47 Å². The third-order valence-corrected chi connectivity index (χ3v) is 4.48. The molecule has 1 aromatic rings. The summed E-state index contributed by atoms with van der Waals surface area (Å²) >= 11 is 6.27. The molecule has 0 N–H and O–H groups in total. The van der Waals surface area contributed by atoms with Gasteiger partial charge in [0.05, 0.1) is 25.9 Å². The minimum Gasteiger partial charge on any atom is -0.496 e. The van der Waals surface area contributed by atoms with Gasteiger partial charge in [0.1, 0.15) is 5.75 Å². The van der Waals surface area contributed by atoms with Gasteiger partial charge in [-0.2, -0.15) is 0 Å². The fraction of sp³-hybridized carbons (Fsp3) is 0.562. The van der Waals surface area contributed by atoms with E-state index in [0.29, 0.717) is 22.8 Å². The molecule has 0 spiro atoms. The lowest BCUT2D eigenvalue weighted by molar-refractivity contribution is 0.0370. The van der Waals surface area contributed by atoms with Crippen molar-refractivity contribution in [1.82, 2.24) is 4.90 Å². The first-order chi connectivity index (χ1) is 10.0.